The summed E-state index contributed by atoms with van der Waals surface area (Å²) in [6, 6.07) is 0. The first-order valence-corrected chi connectivity index (χ1v) is 7.37. The molecule has 0 spiro atoms. The van der Waals surface area contributed by atoms with Crippen LogP contribution in [0.4, 0.5) is 0 Å². The van der Waals surface area contributed by atoms with Crippen molar-refractivity contribution in [1.29, 1.82) is 0 Å². The Morgan fingerprint density at radius 2 is 2.21 bits per heavy atom. The minimum absolute atomic E-state index is 0.220. The van der Waals surface area contributed by atoms with Crippen molar-refractivity contribution in [2.45, 2.75) is 52.4 Å². The van der Waals surface area contributed by atoms with Gasteiger partial charge >= 0.3 is 5.97 Å². The van der Waals surface area contributed by atoms with E-state index in [4.69, 9.17) is 11.2 Å². The van der Waals surface area contributed by atoms with E-state index < -0.39 is 0 Å². The van der Waals surface area contributed by atoms with Crippen LogP contribution in [0.1, 0.15) is 52.4 Å². The molecule has 0 saturated heterocycles. The fraction of sp³-hybridized carbons (Fsp3) is 0.750. The molecule has 19 heavy (non-hydrogen) atoms. The van der Waals surface area contributed by atoms with Gasteiger partial charge in [-0.05, 0) is 44.9 Å². The summed E-state index contributed by atoms with van der Waals surface area (Å²) >= 11 is 0. The topological polar surface area (TPSA) is 38.7 Å². The molecule has 0 aromatic carbocycles. The lowest BCUT2D eigenvalue weighted by Crippen LogP contribution is -2.26. The van der Waals surface area contributed by atoms with Gasteiger partial charge in [-0.3, -0.25) is 4.99 Å². The molecule has 106 valence electrons. The second kappa shape index (κ2) is 8.74. The van der Waals surface area contributed by atoms with E-state index in [2.05, 4.69) is 17.8 Å². The normalized spacial score (nSPS) is 24.4. The van der Waals surface area contributed by atoms with Gasteiger partial charge in [0.1, 0.15) is 5.71 Å². The lowest BCUT2D eigenvalue weighted by molar-refractivity contribution is -0.135. The monoisotopic (exact) mass is 263 g/mol. The van der Waals surface area contributed by atoms with E-state index in [1.807, 2.05) is 6.92 Å². The van der Waals surface area contributed by atoms with Gasteiger partial charge in [-0.15, -0.1) is 12.3 Å². The van der Waals surface area contributed by atoms with Crippen molar-refractivity contribution < 1.29 is 9.53 Å². The molecule has 3 nitrogen and oxygen atoms in total. The Hall–Kier alpha value is -1.30. The van der Waals surface area contributed by atoms with Crippen LogP contribution in [-0.4, -0.2) is 24.8 Å². The van der Waals surface area contributed by atoms with Gasteiger partial charge in [0.25, 0.3) is 0 Å². The molecular weight excluding hydrogens is 238 g/mol. The SMILES string of the molecule is C#CCC1CCCN=C(C(=O)OCC)C(CC)CC1. The number of carbonyl (C=O) groups excluding carboxylic acids is 1. The summed E-state index contributed by atoms with van der Waals surface area (Å²) in [5.41, 5.74) is 0.644. The average Bonchev–Trinajstić information content (AvgIpc) is 2.50. The van der Waals surface area contributed by atoms with Gasteiger partial charge in [0.05, 0.1) is 6.61 Å². The molecule has 2 atom stereocenters. The van der Waals surface area contributed by atoms with Crippen LogP contribution in [0.15, 0.2) is 4.99 Å². The van der Waals surface area contributed by atoms with E-state index >= 15 is 0 Å². The second-order valence-corrected chi connectivity index (χ2v) is 5.09. The van der Waals surface area contributed by atoms with E-state index in [1.165, 1.54) is 0 Å². The van der Waals surface area contributed by atoms with Crippen LogP contribution in [0.2, 0.25) is 0 Å². The molecule has 0 amide bonds. The number of ether oxygens (including phenoxy) is 1. The standard InChI is InChI=1S/C16H25NO2/c1-4-8-13-9-7-12-17-15(16(18)19-6-3)14(5-2)11-10-13/h1,13-14H,5-12H2,2-3H3. The molecule has 0 N–H and O–H groups in total. The summed E-state index contributed by atoms with van der Waals surface area (Å²) in [6.45, 7) is 5.06. The van der Waals surface area contributed by atoms with Gasteiger partial charge in [-0.2, -0.15) is 0 Å². The zero-order valence-corrected chi connectivity index (χ0v) is 12.2. The predicted molar refractivity (Wildman–Crippen MR) is 78.1 cm³/mol. The van der Waals surface area contributed by atoms with Crippen LogP contribution in [0.25, 0.3) is 0 Å². The molecule has 0 aromatic rings. The maximum atomic E-state index is 12.0. The largest absolute Gasteiger partial charge is 0.462 e. The van der Waals surface area contributed by atoms with Crippen LogP contribution < -0.4 is 0 Å². The first-order chi connectivity index (χ1) is 9.22. The van der Waals surface area contributed by atoms with Crippen molar-refractivity contribution in [1.82, 2.24) is 0 Å². The molecule has 0 radical (unpaired) electrons. The minimum Gasteiger partial charge on any atom is -0.462 e. The van der Waals surface area contributed by atoms with Crippen LogP contribution in [0.3, 0.4) is 0 Å². The highest BCUT2D eigenvalue weighted by atomic mass is 16.5. The fourth-order valence-electron chi connectivity index (χ4n) is 2.63. The highest BCUT2D eigenvalue weighted by molar-refractivity contribution is 6.37. The van der Waals surface area contributed by atoms with Crippen LogP contribution >= 0.6 is 0 Å². The zero-order chi connectivity index (χ0) is 14.1. The van der Waals surface area contributed by atoms with E-state index in [9.17, 15) is 4.79 Å². The second-order valence-electron chi connectivity index (χ2n) is 5.09. The summed E-state index contributed by atoms with van der Waals surface area (Å²) in [5, 5.41) is 0. The molecule has 0 fully saturated rings. The minimum atomic E-state index is -0.232. The number of carbonyl (C=O) groups is 1. The van der Waals surface area contributed by atoms with Crippen molar-refractivity contribution in [3.63, 3.8) is 0 Å². The average molecular weight is 263 g/mol. The predicted octanol–water partition coefficient (Wildman–Crippen LogP) is 3.23. The quantitative estimate of drug-likeness (QED) is 0.577. The molecule has 0 saturated carbocycles. The summed E-state index contributed by atoms with van der Waals surface area (Å²) in [7, 11) is 0. The first-order valence-electron chi connectivity index (χ1n) is 7.37. The van der Waals surface area contributed by atoms with Crippen LogP contribution in [-0.2, 0) is 9.53 Å². The van der Waals surface area contributed by atoms with Gasteiger partial charge in [0, 0.05) is 18.9 Å². The van der Waals surface area contributed by atoms with Gasteiger partial charge in [0.15, 0.2) is 0 Å². The van der Waals surface area contributed by atoms with E-state index in [0.717, 1.165) is 38.5 Å². The third-order valence-corrected chi connectivity index (χ3v) is 3.75. The fourth-order valence-corrected chi connectivity index (χ4v) is 2.63. The first kappa shape index (κ1) is 15.8. The third-order valence-electron chi connectivity index (χ3n) is 3.75. The Bertz CT molecular complexity index is 354. The molecule has 1 rings (SSSR count). The van der Waals surface area contributed by atoms with Crippen molar-refractivity contribution in [3.8, 4) is 12.3 Å². The van der Waals surface area contributed by atoms with E-state index in [-0.39, 0.29) is 11.9 Å². The Labute approximate surface area is 116 Å². The third kappa shape index (κ3) is 5.06. The number of aliphatic imine (C=N–C) groups is 1. The highest BCUT2D eigenvalue weighted by Gasteiger charge is 2.24. The molecule has 0 bridgehead atoms. The van der Waals surface area contributed by atoms with Gasteiger partial charge in [-0.25, -0.2) is 4.79 Å². The molecule has 3 heteroatoms. The number of hydrogen-bond donors (Lipinski definition) is 0. The van der Waals surface area contributed by atoms with Gasteiger partial charge in [0.2, 0.25) is 0 Å². The maximum absolute atomic E-state index is 12.0. The van der Waals surface area contributed by atoms with Crippen LogP contribution in [0, 0.1) is 24.2 Å². The smallest absolute Gasteiger partial charge is 0.352 e. The van der Waals surface area contributed by atoms with Crippen molar-refractivity contribution >= 4 is 11.7 Å². The molecule has 1 heterocycles. The van der Waals surface area contributed by atoms with E-state index in [1.54, 1.807) is 0 Å². The zero-order valence-electron chi connectivity index (χ0n) is 12.2. The number of esters is 1. The number of hydrogen-bond acceptors (Lipinski definition) is 3. The lowest BCUT2D eigenvalue weighted by Gasteiger charge is -2.18. The van der Waals surface area contributed by atoms with Crippen LogP contribution in [0.5, 0.6) is 0 Å². The molecule has 1 aliphatic heterocycles. The van der Waals surface area contributed by atoms with Crippen molar-refractivity contribution in [2.75, 3.05) is 13.2 Å². The number of nitrogens with zero attached hydrogens (tertiary/aromatic N) is 1. The lowest BCUT2D eigenvalue weighted by atomic mass is 9.88. The van der Waals surface area contributed by atoms with Gasteiger partial charge < -0.3 is 4.74 Å². The Morgan fingerprint density at radius 3 is 2.84 bits per heavy atom. The Kier molecular flexibility index (Phi) is 7.25. The Morgan fingerprint density at radius 1 is 1.42 bits per heavy atom. The molecule has 0 aliphatic carbocycles. The maximum Gasteiger partial charge on any atom is 0.352 e. The number of rotatable bonds is 4. The summed E-state index contributed by atoms with van der Waals surface area (Å²) < 4.78 is 5.12. The Balaban J connectivity index is 2.75. The van der Waals surface area contributed by atoms with Crippen molar-refractivity contribution in [3.05, 3.63) is 0 Å². The van der Waals surface area contributed by atoms with Crippen molar-refractivity contribution in [2.24, 2.45) is 16.8 Å². The summed E-state index contributed by atoms with van der Waals surface area (Å²) in [5.74, 6) is 3.33. The van der Waals surface area contributed by atoms with Gasteiger partial charge in [-0.1, -0.05) is 6.92 Å². The molecular formula is C16H25NO2. The highest BCUT2D eigenvalue weighted by Crippen LogP contribution is 2.25. The molecule has 2 unspecified atom stereocenters. The summed E-state index contributed by atoms with van der Waals surface area (Å²) in [4.78, 5) is 16.5. The molecule has 0 aromatic heterocycles. The number of terminal acetylenes is 1. The molecule has 1 aliphatic rings. The summed E-state index contributed by atoms with van der Waals surface area (Å²) in [6.07, 6.45) is 11.4. The van der Waals surface area contributed by atoms with E-state index in [0.29, 0.717) is 24.8 Å².